The molecule has 112 valence electrons. The Morgan fingerprint density at radius 1 is 1.19 bits per heavy atom. The highest BCUT2D eigenvalue weighted by Gasteiger charge is 2.44. The second kappa shape index (κ2) is 5.60. The van der Waals surface area contributed by atoms with Gasteiger partial charge in [-0.25, -0.2) is 0 Å². The standard InChI is InChI=1S/C17H23N3O/c1-12(13(2)18-3)15-19-16(20-21-15)17(10-7-11-17)14-8-5-4-6-9-14/h4-6,8-9,12-13,18H,7,10-11H2,1-3H3. The van der Waals surface area contributed by atoms with Gasteiger partial charge in [0.25, 0.3) is 0 Å². The second-order valence-corrected chi connectivity index (χ2v) is 6.12. The Morgan fingerprint density at radius 2 is 1.90 bits per heavy atom. The fraction of sp³-hybridized carbons (Fsp3) is 0.529. The third-order valence-corrected chi connectivity index (χ3v) is 5.00. The highest BCUT2D eigenvalue weighted by molar-refractivity contribution is 5.35. The van der Waals surface area contributed by atoms with Crippen LogP contribution in [-0.4, -0.2) is 23.2 Å². The first-order valence-corrected chi connectivity index (χ1v) is 7.74. The smallest absolute Gasteiger partial charge is 0.231 e. The number of likely N-dealkylation sites (N-methyl/N-ethyl adjacent to an activating group) is 1. The number of hydrogen-bond donors (Lipinski definition) is 1. The molecule has 4 heteroatoms. The minimum Gasteiger partial charge on any atom is -0.339 e. The molecule has 0 spiro atoms. The van der Waals surface area contributed by atoms with Crippen molar-refractivity contribution in [3.63, 3.8) is 0 Å². The highest BCUT2D eigenvalue weighted by Crippen LogP contribution is 2.47. The van der Waals surface area contributed by atoms with Crippen LogP contribution >= 0.6 is 0 Å². The number of benzene rings is 1. The molecule has 1 aromatic heterocycles. The molecule has 0 aliphatic heterocycles. The summed E-state index contributed by atoms with van der Waals surface area (Å²) in [5, 5.41) is 7.55. The molecule has 2 unspecified atom stereocenters. The molecular formula is C17H23N3O. The normalized spacial score (nSPS) is 19.8. The van der Waals surface area contributed by atoms with Crippen molar-refractivity contribution in [2.24, 2.45) is 0 Å². The molecule has 1 aromatic carbocycles. The predicted octanol–water partition coefficient (Wildman–Crippen LogP) is 3.25. The summed E-state index contributed by atoms with van der Waals surface area (Å²) in [6.07, 6.45) is 3.43. The zero-order valence-electron chi connectivity index (χ0n) is 13.0. The van der Waals surface area contributed by atoms with E-state index in [-0.39, 0.29) is 11.3 Å². The molecule has 1 fully saturated rings. The quantitative estimate of drug-likeness (QED) is 0.916. The van der Waals surface area contributed by atoms with E-state index < -0.39 is 0 Å². The molecule has 1 N–H and O–H groups in total. The average molecular weight is 285 g/mol. The fourth-order valence-corrected chi connectivity index (χ4v) is 3.01. The van der Waals surface area contributed by atoms with Crippen molar-refractivity contribution in [3.8, 4) is 0 Å². The average Bonchev–Trinajstić information content (AvgIpc) is 2.95. The largest absolute Gasteiger partial charge is 0.339 e. The zero-order chi connectivity index (χ0) is 14.9. The van der Waals surface area contributed by atoms with E-state index in [4.69, 9.17) is 9.51 Å². The maximum atomic E-state index is 5.55. The lowest BCUT2D eigenvalue weighted by atomic mass is 9.64. The van der Waals surface area contributed by atoms with E-state index in [0.29, 0.717) is 6.04 Å². The number of nitrogens with zero attached hydrogens (tertiary/aromatic N) is 2. The molecule has 4 nitrogen and oxygen atoms in total. The SMILES string of the molecule is CNC(C)C(C)c1nc(C2(c3ccccc3)CCC2)no1. The van der Waals surface area contributed by atoms with E-state index in [1.165, 1.54) is 12.0 Å². The van der Waals surface area contributed by atoms with Crippen molar-refractivity contribution in [2.75, 3.05) is 7.05 Å². The Labute approximate surface area is 126 Å². The van der Waals surface area contributed by atoms with Crippen molar-refractivity contribution < 1.29 is 4.52 Å². The molecule has 0 radical (unpaired) electrons. The van der Waals surface area contributed by atoms with Crippen LogP contribution in [0.1, 0.15) is 56.3 Å². The lowest BCUT2D eigenvalue weighted by molar-refractivity contribution is 0.268. The molecule has 21 heavy (non-hydrogen) atoms. The fourth-order valence-electron chi connectivity index (χ4n) is 3.01. The summed E-state index contributed by atoms with van der Waals surface area (Å²) in [7, 11) is 1.95. The van der Waals surface area contributed by atoms with Crippen molar-refractivity contribution in [1.29, 1.82) is 0 Å². The van der Waals surface area contributed by atoms with Gasteiger partial charge in [0, 0.05) is 6.04 Å². The van der Waals surface area contributed by atoms with Crippen LogP contribution in [0.5, 0.6) is 0 Å². The van der Waals surface area contributed by atoms with Gasteiger partial charge in [-0.2, -0.15) is 4.98 Å². The third kappa shape index (κ3) is 2.38. The van der Waals surface area contributed by atoms with Gasteiger partial charge in [-0.1, -0.05) is 48.8 Å². The van der Waals surface area contributed by atoms with Gasteiger partial charge in [0.2, 0.25) is 5.89 Å². The van der Waals surface area contributed by atoms with Crippen LogP contribution in [0.3, 0.4) is 0 Å². The van der Waals surface area contributed by atoms with Gasteiger partial charge in [0.1, 0.15) is 0 Å². The third-order valence-electron chi connectivity index (χ3n) is 5.00. The first kappa shape index (κ1) is 14.3. The van der Waals surface area contributed by atoms with Gasteiger partial charge in [0.15, 0.2) is 5.82 Å². The summed E-state index contributed by atoms with van der Waals surface area (Å²) in [4.78, 5) is 4.73. The van der Waals surface area contributed by atoms with Gasteiger partial charge in [0.05, 0.1) is 11.3 Å². The van der Waals surface area contributed by atoms with Crippen LogP contribution in [0.2, 0.25) is 0 Å². The first-order valence-electron chi connectivity index (χ1n) is 7.74. The topological polar surface area (TPSA) is 51.0 Å². The second-order valence-electron chi connectivity index (χ2n) is 6.12. The highest BCUT2D eigenvalue weighted by atomic mass is 16.5. The minimum absolute atomic E-state index is 0.0361. The van der Waals surface area contributed by atoms with Gasteiger partial charge in [-0.05, 0) is 32.4 Å². The summed E-state index contributed by atoms with van der Waals surface area (Å²) in [6.45, 7) is 4.25. The summed E-state index contributed by atoms with van der Waals surface area (Å²) < 4.78 is 5.55. The Kier molecular flexibility index (Phi) is 3.81. The van der Waals surface area contributed by atoms with E-state index in [1.807, 2.05) is 13.1 Å². The molecule has 1 heterocycles. The molecule has 0 saturated heterocycles. The molecule has 2 atom stereocenters. The van der Waals surface area contributed by atoms with E-state index in [9.17, 15) is 0 Å². The summed E-state index contributed by atoms with van der Waals surface area (Å²) in [6, 6.07) is 10.9. The summed E-state index contributed by atoms with van der Waals surface area (Å²) >= 11 is 0. The Balaban J connectivity index is 1.91. The van der Waals surface area contributed by atoms with Crippen LogP contribution in [-0.2, 0) is 5.41 Å². The van der Waals surface area contributed by atoms with Gasteiger partial charge < -0.3 is 9.84 Å². The Hall–Kier alpha value is -1.68. The van der Waals surface area contributed by atoms with Gasteiger partial charge >= 0.3 is 0 Å². The molecule has 1 aliphatic rings. The zero-order valence-corrected chi connectivity index (χ0v) is 13.0. The molecule has 1 saturated carbocycles. The van der Waals surface area contributed by atoms with Crippen molar-refractivity contribution >= 4 is 0 Å². The van der Waals surface area contributed by atoms with Crippen molar-refractivity contribution in [1.82, 2.24) is 15.5 Å². The minimum atomic E-state index is -0.0361. The van der Waals surface area contributed by atoms with Crippen LogP contribution in [0.4, 0.5) is 0 Å². The molecule has 0 amide bonds. The van der Waals surface area contributed by atoms with E-state index >= 15 is 0 Å². The summed E-state index contributed by atoms with van der Waals surface area (Å²) in [5.41, 5.74) is 1.27. The van der Waals surface area contributed by atoms with Crippen LogP contribution in [0, 0.1) is 0 Å². The molecular weight excluding hydrogens is 262 g/mol. The molecule has 1 aliphatic carbocycles. The lowest BCUT2D eigenvalue weighted by Gasteiger charge is -2.39. The number of aromatic nitrogens is 2. The number of nitrogens with one attached hydrogen (secondary N) is 1. The van der Waals surface area contributed by atoms with Gasteiger partial charge in [-0.3, -0.25) is 0 Å². The van der Waals surface area contributed by atoms with Crippen LogP contribution in [0.15, 0.2) is 34.9 Å². The first-order chi connectivity index (χ1) is 10.2. The maximum absolute atomic E-state index is 5.55. The number of rotatable bonds is 5. The van der Waals surface area contributed by atoms with Crippen LogP contribution in [0.25, 0.3) is 0 Å². The Bertz CT molecular complexity index is 589. The maximum Gasteiger partial charge on any atom is 0.231 e. The molecule has 2 aromatic rings. The van der Waals surface area contributed by atoms with Crippen molar-refractivity contribution in [2.45, 2.75) is 50.5 Å². The predicted molar refractivity (Wildman–Crippen MR) is 82.3 cm³/mol. The Morgan fingerprint density at radius 3 is 2.48 bits per heavy atom. The van der Waals surface area contributed by atoms with E-state index in [0.717, 1.165) is 24.6 Å². The summed E-state index contributed by atoms with van der Waals surface area (Å²) in [5.74, 6) is 1.79. The van der Waals surface area contributed by atoms with E-state index in [1.54, 1.807) is 0 Å². The van der Waals surface area contributed by atoms with Gasteiger partial charge in [-0.15, -0.1) is 0 Å². The monoisotopic (exact) mass is 285 g/mol. The van der Waals surface area contributed by atoms with Crippen molar-refractivity contribution in [3.05, 3.63) is 47.6 Å². The molecule has 0 bridgehead atoms. The van der Waals surface area contributed by atoms with Crippen LogP contribution < -0.4 is 5.32 Å². The number of hydrogen-bond acceptors (Lipinski definition) is 4. The molecule has 3 rings (SSSR count). The lowest BCUT2D eigenvalue weighted by Crippen LogP contribution is -2.36. The van der Waals surface area contributed by atoms with E-state index in [2.05, 4.69) is 48.6 Å².